The summed E-state index contributed by atoms with van der Waals surface area (Å²) in [7, 11) is -3.45. The molecule has 0 unspecified atom stereocenters. The lowest BCUT2D eigenvalue weighted by Crippen LogP contribution is -2.14. The van der Waals surface area contributed by atoms with E-state index in [0.717, 1.165) is 17.4 Å². The summed E-state index contributed by atoms with van der Waals surface area (Å²) in [5, 5.41) is 24.3. The number of rotatable bonds is 14. The van der Waals surface area contributed by atoms with Crippen molar-refractivity contribution in [1.82, 2.24) is 0 Å². The average Bonchev–Trinajstić information content (AvgIpc) is 3.25. The summed E-state index contributed by atoms with van der Waals surface area (Å²) in [6.45, 7) is 5.82. The fraction of sp³-hybridized carbons (Fsp3) is 0.333. The van der Waals surface area contributed by atoms with Crippen LogP contribution in [0.5, 0.6) is 0 Å². The van der Waals surface area contributed by atoms with Crippen LogP contribution in [0.25, 0.3) is 20.9 Å². The number of aliphatic hydroxyl groups is 2. The smallest absolute Gasteiger partial charge is 0.264 e. The third-order valence-electron chi connectivity index (χ3n) is 8.75. The van der Waals surface area contributed by atoms with E-state index in [9.17, 15) is 30.4 Å². The first-order valence-electron chi connectivity index (χ1n) is 19.7. The Labute approximate surface area is 441 Å². The van der Waals surface area contributed by atoms with Gasteiger partial charge in [0, 0.05) is 69.8 Å². The lowest BCUT2D eigenvalue weighted by atomic mass is 10.0. The van der Waals surface area contributed by atoms with Gasteiger partial charge in [0.2, 0.25) is 0 Å². The van der Waals surface area contributed by atoms with E-state index in [2.05, 4.69) is 104 Å². The van der Waals surface area contributed by atoms with E-state index in [1.165, 1.54) is 60.7 Å². The molecule has 0 saturated carbocycles. The highest BCUT2D eigenvalue weighted by molar-refractivity contribution is 9.11. The lowest BCUT2D eigenvalue weighted by molar-refractivity contribution is 0.267. The standard InChI is InChI=1S/C10H12BrFO3S.C9H9BrFN3.C9H10BrFO.C8H8BrFN4.C8H9BrFNO.CH4/c1-7(6-15-16(2,13)14)8-3-9(11)5-10(12)4-8;1-6(5-13-14-12)7-2-8(10)4-9(11)3-7;1-6(5-12)7-2-8(10)4-9(11)3-7;9-6-1-5(2-7(10)3-6)8(11)4-13-14-12;9-6-1-5(8(11)4-12)2-7(10)3-6;/h3-5,7H,6H2,1-2H3;2-4,6H,5H2,1H3;2-4,6,12H,5H2,1H3;1-3,8H,4,11H2;1-3,8,12H,4,11H2;1H4/t7-;2*6-;2*8-;/m11111./s1. The second-order valence-electron chi connectivity index (χ2n) is 14.6. The number of aliphatic hydroxyl groups excluding tert-OH is 2. The Morgan fingerprint density at radius 3 is 1.16 bits per heavy atom. The molecule has 13 nitrogen and oxygen atoms in total. The number of hydrogen-bond donors (Lipinski definition) is 4. The van der Waals surface area contributed by atoms with Crippen LogP contribution in [0.1, 0.15) is 85.9 Å². The maximum absolute atomic E-state index is 13.1. The van der Waals surface area contributed by atoms with Crippen molar-refractivity contribution in [3.63, 3.8) is 0 Å². The monoisotopic (exact) mass is 1310 g/mol. The molecule has 5 aromatic rings. The van der Waals surface area contributed by atoms with Crippen LogP contribution in [-0.4, -0.2) is 57.8 Å². The average molecular weight is 1310 g/mol. The van der Waals surface area contributed by atoms with Gasteiger partial charge >= 0.3 is 0 Å². The molecule has 0 radical (unpaired) electrons. The van der Waals surface area contributed by atoms with Crippen molar-refractivity contribution < 1.29 is 44.8 Å². The second-order valence-corrected chi connectivity index (χ2v) is 20.8. The van der Waals surface area contributed by atoms with E-state index in [-0.39, 0.29) is 80.6 Å². The van der Waals surface area contributed by atoms with Gasteiger partial charge < -0.3 is 21.7 Å². The van der Waals surface area contributed by atoms with Crippen LogP contribution in [0.2, 0.25) is 0 Å². The van der Waals surface area contributed by atoms with E-state index in [1.807, 2.05) is 26.0 Å². The normalized spacial score (nSPS) is 12.6. The third-order valence-corrected chi connectivity index (χ3v) is 11.6. The van der Waals surface area contributed by atoms with Crippen LogP contribution >= 0.6 is 79.6 Å². The van der Waals surface area contributed by atoms with E-state index in [4.69, 9.17) is 32.7 Å². The molecule has 6 N–H and O–H groups in total. The summed E-state index contributed by atoms with van der Waals surface area (Å²) in [6, 6.07) is 21.4. The number of benzene rings is 5. The van der Waals surface area contributed by atoms with Crippen LogP contribution in [0, 0.1) is 29.1 Å². The van der Waals surface area contributed by atoms with Gasteiger partial charge in [-0.25, -0.2) is 22.0 Å². The van der Waals surface area contributed by atoms with Gasteiger partial charge in [0.15, 0.2) is 0 Å². The summed E-state index contributed by atoms with van der Waals surface area (Å²) in [6.07, 6.45) is 0.987. The third kappa shape index (κ3) is 28.2. The molecule has 24 heteroatoms. The minimum absolute atomic E-state index is 0. The molecule has 69 heavy (non-hydrogen) atoms. The SMILES string of the molecule is C.C[C@H](CN=[N+]=[N-])c1cc(F)cc(Br)c1.C[C@H](CO)c1cc(F)cc(Br)c1.C[C@H](COS(C)(=O)=O)c1cc(F)cc(Br)c1.N[C@H](CO)c1cc(F)cc(Br)c1.[N-]=[N+]=NC[C@@H](N)c1cc(F)cc(Br)c1. The van der Waals surface area contributed by atoms with Crippen LogP contribution in [0.3, 0.4) is 0 Å². The zero-order valence-electron chi connectivity index (χ0n) is 36.7. The van der Waals surface area contributed by atoms with Gasteiger partial charge in [-0.2, -0.15) is 8.42 Å². The number of azide groups is 2. The summed E-state index contributed by atoms with van der Waals surface area (Å²) in [5.41, 5.74) is 30.9. The van der Waals surface area contributed by atoms with Crippen molar-refractivity contribution in [2.24, 2.45) is 21.7 Å². The fourth-order valence-corrected chi connectivity index (χ4v) is 8.05. The van der Waals surface area contributed by atoms with Crippen LogP contribution in [-0.2, 0) is 14.3 Å². The first-order chi connectivity index (χ1) is 31.8. The van der Waals surface area contributed by atoms with Crippen molar-refractivity contribution in [2.45, 2.75) is 58.0 Å². The molecule has 0 aliphatic heterocycles. The minimum Gasteiger partial charge on any atom is -0.396 e. The zero-order valence-corrected chi connectivity index (χ0v) is 45.5. The largest absolute Gasteiger partial charge is 0.396 e. The Balaban J connectivity index is 0.000000838. The van der Waals surface area contributed by atoms with Gasteiger partial charge in [-0.3, -0.25) is 4.18 Å². The molecular weight excluding hydrogens is 1260 g/mol. The van der Waals surface area contributed by atoms with Gasteiger partial charge in [0.1, 0.15) is 29.1 Å². The molecule has 0 amide bonds. The zero-order chi connectivity index (χ0) is 51.7. The molecule has 378 valence electrons. The van der Waals surface area contributed by atoms with Crippen molar-refractivity contribution in [3.05, 3.63) is 191 Å². The van der Waals surface area contributed by atoms with Crippen LogP contribution in [0.4, 0.5) is 22.0 Å². The second kappa shape index (κ2) is 34.0. The van der Waals surface area contributed by atoms with E-state index >= 15 is 0 Å². The van der Waals surface area contributed by atoms with Crippen molar-refractivity contribution in [2.75, 3.05) is 39.2 Å². The predicted octanol–water partition coefficient (Wildman–Crippen LogP) is 14.5. The molecule has 0 fully saturated rings. The highest BCUT2D eigenvalue weighted by atomic mass is 79.9. The fourth-order valence-electron chi connectivity index (χ4n) is 5.18. The minimum atomic E-state index is -3.45. The number of hydrogen-bond acceptors (Lipinski definition) is 9. The molecule has 0 saturated heterocycles. The number of halogens is 10. The number of nitrogens with zero attached hydrogens (tertiary/aromatic N) is 6. The molecule has 5 rings (SSSR count). The van der Waals surface area contributed by atoms with E-state index in [0.29, 0.717) is 45.6 Å². The maximum atomic E-state index is 13.1. The predicted molar refractivity (Wildman–Crippen MR) is 279 cm³/mol. The van der Waals surface area contributed by atoms with E-state index in [1.54, 1.807) is 25.1 Å². The molecule has 0 aromatic heterocycles. The molecule has 0 aliphatic rings. The van der Waals surface area contributed by atoms with E-state index < -0.39 is 22.2 Å². The maximum Gasteiger partial charge on any atom is 0.264 e. The van der Waals surface area contributed by atoms with Gasteiger partial charge in [-0.15, -0.1) is 0 Å². The van der Waals surface area contributed by atoms with Gasteiger partial charge in [0.25, 0.3) is 10.1 Å². The Morgan fingerprint density at radius 1 is 0.536 bits per heavy atom. The Bertz CT molecular complexity index is 2370. The van der Waals surface area contributed by atoms with Crippen molar-refractivity contribution >= 4 is 89.8 Å². The molecule has 5 aromatic carbocycles. The Morgan fingerprint density at radius 2 is 0.841 bits per heavy atom. The molecule has 0 heterocycles. The summed E-state index contributed by atoms with van der Waals surface area (Å²) in [4.78, 5) is 5.25. The Hall–Kier alpha value is -3.48. The van der Waals surface area contributed by atoms with Crippen LogP contribution < -0.4 is 11.5 Å². The lowest BCUT2D eigenvalue weighted by Gasteiger charge is -2.11. The summed E-state index contributed by atoms with van der Waals surface area (Å²) >= 11 is 15.9. The molecule has 0 bridgehead atoms. The molecule has 0 spiro atoms. The molecule has 0 aliphatic carbocycles. The summed E-state index contributed by atoms with van der Waals surface area (Å²) in [5.74, 6) is -1.84. The van der Waals surface area contributed by atoms with Crippen molar-refractivity contribution in [1.29, 1.82) is 0 Å². The first kappa shape index (κ1) is 65.5. The van der Waals surface area contributed by atoms with Crippen molar-refractivity contribution in [3.8, 4) is 0 Å². The highest BCUT2D eigenvalue weighted by Gasteiger charge is 2.13. The first-order valence-corrected chi connectivity index (χ1v) is 25.5. The van der Waals surface area contributed by atoms with Gasteiger partial charge in [-0.1, -0.05) is 118 Å². The number of nitrogens with two attached hydrogens (primary N) is 2. The molecule has 5 atom stereocenters. The summed E-state index contributed by atoms with van der Waals surface area (Å²) < 4.78 is 94.1. The van der Waals surface area contributed by atoms with Gasteiger partial charge in [0.05, 0.1) is 25.5 Å². The quantitative estimate of drug-likeness (QED) is 0.0276. The Kier molecular flexibility index (Phi) is 32.3. The highest BCUT2D eigenvalue weighted by Crippen LogP contribution is 2.25. The topological polar surface area (TPSA) is 233 Å². The van der Waals surface area contributed by atoms with Gasteiger partial charge in [-0.05, 0) is 136 Å². The molecular formula is C45H52Br5F5N8O5S. The van der Waals surface area contributed by atoms with Crippen LogP contribution in [0.15, 0.2) is 124 Å².